The van der Waals surface area contributed by atoms with Gasteiger partial charge in [-0.1, -0.05) is 182 Å². The Labute approximate surface area is 381 Å². The Balaban J connectivity index is 1.16. The van der Waals surface area contributed by atoms with Gasteiger partial charge in [0.2, 0.25) is 0 Å². The summed E-state index contributed by atoms with van der Waals surface area (Å²) in [5, 5.41) is 22.5. The molecule has 11 heteroatoms. The fourth-order valence-corrected chi connectivity index (χ4v) is 8.04. The van der Waals surface area contributed by atoms with Crippen LogP contribution in [0.5, 0.6) is 0 Å². The van der Waals surface area contributed by atoms with E-state index < -0.39 is 68.0 Å². The summed E-state index contributed by atoms with van der Waals surface area (Å²) in [7, 11) is 0. The van der Waals surface area contributed by atoms with Crippen molar-refractivity contribution in [2.75, 3.05) is 13.2 Å². The fourth-order valence-electron chi connectivity index (χ4n) is 8.04. The molecule has 6 aromatic rings. The van der Waals surface area contributed by atoms with Crippen molar-refractivity contribution >= 4 is 0 Å². The summed E-state index contributed by atoms with van der Waals surface area (Å²) in [6.07, 6.45) is -9.89. The predicted molar refractivity (Wildman–Crippen MR) is 243 cm³/mol. The third-order valence-electron chi connectivity index (χ3n) is 11.5. The molecule has 0 amide bonds. The molecule has 2 N–H and O–H groups in total. The van der Waals surface area contributed by atoms with Gasteiger partial charge in [0.15, 0.2) is 12.6 Å². The second-order valence-corrected chi connectivity index (χ2v) is 16.2. The van der Waals surface area contributed by atoms with E-state index >= 15 is 0 Å². The van der Waals surface area contributed by atoms with E-state index in [-0.39, 0.29) is 39.6 Å². The first kappa shape index (κ1) is 46.4. The van der Waals surface area contributed by atoms with E-state index in [1.807, 2.05) is 182 Å². The van der Waals surface area contributed by atoms with Crippen LogP contribution in [0.3, 0.4) is 0 Å². The standard InChI is InChI=1S/C54H58O11/c55-31-45-47(56)49(58-33-40-21-9-2-10-22-40)51(60-35-42-25-13-4-14-26-42)54(63-45)65-48-46(38-57-32-39-19-7-1-8-20-39)64-53(62-37-44-29-17-6-18-30-44)52(61-36-43-27-15-5-16-28-43)50(48)59-34-41-23-11-3-12-24-41/h1-30,45-56H,31-38H2/t45-,46-,47-,48-,49+,50+,51-,52-,53-,54-/m1/s1. The molecule has 2 heterocycles. The SMILES string of the molecule is OC[C@H]1O[C@H](O[C@H]2[C@H](OCc3ccccc3)[C@@H](OCc3ccccc3)[C@H](OCc3ccccc3)O[C@@H]2COCc2ccccc2)[C@H](OCc2ccccc2)[C@@H](OCc2ccccc2)[C@@H]1O. The molecule has 10 atom stereocenters. The number of ether oxygens (including phenoxy) is 9. The molecule has 340 valence electrons. The molecule has 0 radical (unpaired) electrons. The Morgan fingerprint density at radius 3 is 1.11 bits per heavy atom. The van der Waals surface area contributed by atoms with E-state index in [9.17, 15) is 10.2 Å². The van der Waals surface area contributed by atoms with Crippen molar-refractivity contribution in [2.24, 2.45) is 0 Å². The van der Waals surface area contributed by atoms with E-state index in [4.69, 9.17) is 42.6 Å². The fraction of sp³-hybridized carbons (Fsp3) is 0.333. The monoisotopic (exact) mass is 882 g/mol. The lowest BCUT2D eigenvalue weighted by Gasteiger charge is -2.49. The second kappa shape index (κ2) is 24.4. The lowest BCUT2D eigenvalue weighted by atomic mass is 9.96. The third-order valence-corrected chi connectivity index (χ3v) is 11.5. The second-order valence-electron chi connectivity index (χ2n) is 16.2. The van der Waals surface area contributed by atoms with Gasteiger partial charge >= 0.3 is 0 Å². The minimum Gasteiger partial charge on any atom is -0.394 e. The summed E-state index contributed by atoms with van der Waals surface area (Å²) in [6, 6.07) is 59.0. The number of benzene rings is 6. The Kier molecular flexibility index (Phi) is 17.4. The van der Waals surface area contributed by atoms with Crippen LogP contribution in [-0.2, 0) is 82.3 Å². The zero-order valence-corrected chi connectivity index (χ0v) is 36.3. The number of aliphatic hydroxyl groups excluding tert-OH is 2. The number of rotatable bonds is 22. The van der Waals surface area contributed by atoms with Gasteiger partial charge in [-0.25, -0.2) is 0 Å². The molecule has 2 aliphatic heterocycles. The molecular formula is C54H58O11. The maximum atomic E-state index is 11.8. The zero-order valence-electron chi connectivity index (χ0n) is 36.3. The van der Waals surface area contributed by atoms with Crippen molar-refractivity contribution in [3.8, 4) is 0 Å². The van der Waals surface area contributed by atoms with Crippen LogP contribution in [0.25, 0.3) is 0 Å². The highest BCUT2D eigenvalue weighted by Gasteiger charge is 2.54. The maximum Gasteiger partial charge on any atom is 0.187 e. The summed E-state index contributed by atoms with van der Waals surface area (Å²) in [4.78, 5) is 0. The highest BCUT2D eigenvalue weighted by Crippen LogP contribution is 2.36. The largest absolute Gasteiger partial charge is 0.394 e. The molecule has 2 fully saturated rings. The van der Waals surface area contributed by atoms with E-state index in [0.717, 1.165) is 33.4 Å². The Bertz CT molecular complexity index is 2210. The van der Waals surface area contributed by atoms with Crippen LogP contribution in [0.15, 0.2) is 182 Å². The summed E-state index contributed by atoms with van der Waals surface area (Å²) in [5.41, 5.74) is 5.63. The number of hydrogen-bond donors (Lipinski definition) is 2. The molecule has 8 rings (SSSR count). The van der Waals surface area contributed by atoms with Gasteiger partial charge in [0.05, 0.1) is 52.9 Å². The molecule has 0 saturated carbocycles. The van der Waals surface area contributed by atoms with Gasteiger partial charge in [-0.3, -0.25) is 0 Å². The first-order chi connectivity index (χ1) is 32.1. The van der Waals surface area contributed by atoms with Crippen molar-refractivity contribution in [1.29, 1.82) is 0 Å². The molecule has 0 bridgehead atoms. The average molecular weight is 883 g/mol. The topological polar surface area (TPSA) is 124 Å². The molecular weight excluding hydrogens is 825 g/mol. The smallest absolute Gasteiger partial charge is 0.187 e. The first-order valence-corrected chi connectivity index (χ1v) is 22.3. The third kappa shape index (κ3) is 13.3. The van der Waals surface area contributed by atoms with Gasteiger partial charge in [0.1, 0.15) is 48.8 Å². The minimum absolute atomic E-state index is 0.0730. The predicted octanol–water partition coefficient (Wildman–Crippen LogP) is 7.95. The van der Waals surface area contributed by atoms with Crippen molar-refractivity contribution < 1.29 is 52.8 Å². The Morgan fingerprint density at radius 2 is 0.692 bits per heavy atom. The lowest BCUT2D eigenvalue weighted by molar-refractivity contribution is -0.375. The highest BCUT2D eigenvalue weighted by atomic mass is 16.8. The van der Waals surface area contributed by atoms with Crippen LogP contribution in [-0.4, -0.2) is 84.8 Å². The van der Waals surface area contributed by atoms with Crippen molar-refractivity contribution in [1.82, 2.24) is 0 Å². The van der Waals surface area contributed by atoms with Crippen LogP contribution in [0.2, 0.25) is 0 Å². The average Bonchev–Trinajstić information content (AvgIpc) is 3.36. The van der Waals surface area contributed by atoms with Gasteiger partial charge in [0, 0.05) is 0 Å². The number of hydrogen-bond acceptors (Lipinski definition) is 11. The van der Waals surface area contributed by atoms with Crippen LogP contribution in [0, 0.1) is 0 Å². The maximum absolute atomic E-state index is 11.8. The molecule has 0 aliphatic carbocycles. The molecule has 6 aromatic carbocycles. The first-order valence-electron chi connectivity index (χ1n) is 22.3. The van der Waals surface area contributed by atoms with Crippen LogP contribution in [0.4, 0.5) is 0 Å². The highest BCUT2D eigenvalue weighted by molar-refractivity contribution is 5.18. The quantitative estimate of drug-likeness (QED) is 0.0691. The normalized spacial score (nSPS) is 25.6. The Hall–Kier alpha value is -5.12. The summed E-state index contributed by atoms with van der Waals surface area (Å²) in [5.74, 6) is 0. The van der Waals surface area contributed by atoms with Crippen molar-refractivity contribution in [2.45, 2.75) is 101 Å². The molecule has 0 unspecified atom stereocenters. The van der Waals surface area contributed by atoms with Gasteiger partial charge in [-0.2, -0.15) is 0 Å². The summed E-state index contributed by atoms with van der Waals surface area (Å²) in [6.45, 7) is 0.876. The van der Waals surface area contributed by atoms with E-state index in [0.29, 0.717) is 6.61 Å². The molecule has 11 nitrogen and oxygen atoms in total. The van der Waals surface area contributed by atoms with Gasteiger partial charge in [-0.05, 0) is 33.4 Å². The van der Waals surface area contributed by atoms with Gasteiger partial charge < -0.3 is 52.8 Å². The van der Waals surface area contributed by atoms with E-state index in [1.54, 1.807) is 0 Å². The molecule has 2 saturated heterocycles. The molecule has 65 heavy (non-hydrogen) atoms. The van der Waals surface area contributed by atoms with Crippen LogP contribution >= 0.6 is 0 Å². The van der Waals surface area contributed by atoms with Crippen molar-refractivity contribution in [3.63, 3.8) is 0 Å². The molecule has 2 aliphatic rings. The van der Waals surface area contributed by atoms with Crippen LogP contribution < -0.4 is 0 Å². The molecule has 0 spiro atoms. The van der Waals surface area contributed by atoms with Crippen LogP contribution in [0.1, 0.15) is 33.4 Å². The summed E-state index contributed by atoms with van der Waals surface area (Å²) < 4.78 is 60.8. The Morgan fingerprint density at radius 1 is 0.354 bits per heavy atom. The van der Waals surface area contributed by atoms with Crippen molar-refractivity contribution in [3.05, 3.63) is 215 Å². The van der Waals surface area contributed by atoms with Gasteiger partial charge in [0.25, 0.3) is 0 Å². The van der Waals surface area contributed by atoms with E-state index in [2.05, 4.69) is 0 Å². The minimum atomic E-state index is -1.26. The lowest BCUT2D eigenvalue weighted by Crippen LogP contribution is -2.66. The zero-order chi connectivity index (χ0) is 44.5. The van der Waals surface area contributed by atoms with E-state index in [1.165, 1.54) is 0 Å². The molecule has 0 aromatic heterocycles. The van der Waals surface area contributed by atoms with Gasteiger partial charge in [-0.15, -0.1) is 0 Å². The number of aliphatic hydroxyl groups is 2. The summed E-state index contributed by atoms with van der Waals surface area (Å²) >= 11 is 0.